The number of aryl methyl sites for hydroxylation is 1. The number of hydrogen-bond donors (Lipinski definition) is 1. The number of ether oxygens (including phenoxy) is 1. The summed E-state index contributed by atoms with van der Waals surface area (Å²) in [6.07, 6.45) is 0. The van der Waals surface area contributed by atoms with E-state index in [1.807, 2.05) is 32.0 Å². The maximum atomic E-state index is 5.59. The van der Waals surface area contributed by atoms with Crippen molar-refractivity contribution < 1.29 is 4.74 Å². The molecule has 2 rings (SSSR count). The highest BCUT2D eigenvalue weighted by Crippen LogP contribution is 2.24. The van der Waals surface area contributed by atoms with E-state index in [2.05, 4.69) is 41.5 Å². The normalized spacial score (nSPS) is 12.2. The van der Waals surface area contributed by atoms with E-state index in [-0.39, 0.29) is 6.04 Å². The molecule has 1 aromatic carbocycles. The van der Waals surface area contributed by atoms with Gasteiger partial charge in [-0.3, -0.25) is 4.98 Å². The molecule has 0 bridgehead atoms. The van der Waals surface area contributed by atoms with Gasteiger partial charge in [-0.05, 0) is 50.2 Å². The van der Waals surface area contributed by atoms with E-state index < -0.39 is 0 Å². The van der Waals surface area contributed by atoms with E-state index in [1.54, 1.807) is 0 Å². The van der Waals surface area contributed by atoms with E-state index in [4.69, 9.17) is 4.74 Å². The molecule has 3 heteroatoms. The summed E-state index contributed by atoms with van der Waals surface area (Å²) < 4.78 is 5.59. The minimum absolute atomic E-state index is 0.0975. The van der Waals surface area contributed by atoms with Gasteiger partial charge in [0.15, 0.2) is 0 Å². The molecule has 0 saturated carbocycles. The predicted molar refractivity (Wildman–Crippen MR) is 82.1 cm³/mol. The Morgan fingerprint density at radius 2 is 1.95 bits per heavy atom. The van der Waals surface area contributed by atoms with Gasteiger partial charge in [-0.1, -0.05) is 25.1 Å². The quantitative estimate of drug-likeness (QED) is 0.872. The lowest BCUT2D eigenvalue weighted by molar-refractivity contribution is 0.339. The van der Waals surface area contributed by atoms with Crippen LogP contribution in [0.4, 0.5) is 0 Å². The van der Waals surface area contributed by atoms with Gasteiger partial charge in [0, 0.05) is 5.69 Å². The summed E-state index contributed by atoms with van der Waals surface area (Å²) in [6.45, 7) is 7.69. The van der Waals surface area contributed by atoms with Gasteiger partial charge >= 0.3 is 0 Å². The highest BCUT2D eigenvalue weighted by Gasteiger charge is 2.15. The molecule has 0 aliphatic rings. The number of aromatic nitrogens is 1. The first-order valence-corrected chi connectivity index (χ1v) is 7.14. The highest BCUT2D eigenvalue weighted by molar-refractivity contribution is 5.35. The summed E-state index contributed by atoms with van der Waals surface area (Å²) in [4.78, 5) is 4.64. The zero-order valence-corrected chi connectivity index (χ0v) is 12.4. The minimum Gasteiger partial charge on any atom is -0.494 e. The van der Waals surface area contributed by atoms with Gasteiger partial charge in [0.1, 0.15) is 5.75 Å². The fourth-order valence-electron chi connectivity index (χ4n) is 2.27. The molecule has 0 amide bonds. The smallest absolute Gasteiger partial charge is 0.119 e. The summed E-state index contributed by atoms with van der Waals surface area (Å²) in [6, 6.07) is 14.4. The summed E-state index contributed by atoms with van der Waals surface area (Å²) in [7, 11) is 0. The molecule has 1 atom stereocenters. The van der Waals surface area contributed by atoms with Crippen molar-refractivity contribution >= 4 is 0 Å². The topological polar surface area (TPSA) is 34.1 Å². The van der Waals surface area contributed by atoms with Crippen molar-refractivity contribution in [1.29, 1.82) is 0 Å². The van der Waals surface area contributed by atoms with E-state index in [0.29, 0.717) is 6.61 Å². The molecule has 1 aromatic heterocycles. The van der Waals surface area contributed by atoms with Gasteiger partial charge < -0.3 is 10.1 Å². The van der Waals surface area contributed by atoms with Gasteiger partial charge in [0.2, 0.25) is 0 Å². The zero-order chi connectivity index (χ0) is 14.4. The highest BCUT2D eigenvalue weighted by atomic mass is 16.5. The lowest BCUT2D eigenvalue weighted by atomic mass is 10.0. The standard InChI is InChI=1S/C17H22N2O/c1-4-18-17(16-11-6-8-13(3)19-16)14-9-7-10-15(12-14)20-5-2/h6-12,17-18H,4-5H2,1-3H3. The Balaban J connectivity index is 2.35. The number of nitrogens with one attached hydrogen (secondary N) is 1. The maximum absolute atomic E-state index is 5.59. The molecule has 1 heterocycles. The van der Waals surface area contributed by atoms with Crippen LogP contribution >= 0.6 is 0 Å². The van der Waals surface area contributed by atoms with Crippen molar-refractivity contribution in [2.45, 2.75) is 26.8 Å². The maximum Gasteiger partial charge on any atom is 0.119 e. The molecule has 0 saturated heterocycles. The number of hydrogen-bond acceptors (Lipinski definition) is 3. The van der Waals surface area contributed by atoms with Gasteiger partial charge in [0.05, 0.1) is 18.3 Å². The molecule has 0 aliphatic heterocycles. The van der Waals surface area contributed by atoms with Crippen LogP contribution in [0.5, 0.6) is 5.75 Å². The van der Waals surface area contributed by atoms with E-state index >= 15 is 0 Å². The molecule has 2 aromatic rings. The largest absolute Gasteiger partial charge is 0.494 e. The van der Waals surface area contributed by atoms with Gasteiger partial charge in [-0.15, -0.1) is 0 Å². The van der Waals surface area contributed by atoms with Gasteiger partial charge in [-0.25, -0.2) is 0 Å². The van der Waals surface area contributed by atoms with E-state index in [0.717, 1.165) is 23.7 Å². The third kappa shape index (κ3) is 3.58. The van der Waals surface area contributed by atoms with Crippen LogP contribution < -0.4 is 10.1 Å². The van der Waals surface area contributed by atoms with E-state index in [9.17, 15) is 0 Å². The Hall–Kier alpha value is -1.87. The Morgan fingerprint density at radius 3 is 2.65 bits per heavy atom. The Labute approximate surface area is 121 Å². The molecule has 0 spiro atoms. The molecular formula is C17H22N2O. The SMILES string of the molecule is CCNC(c1cccc(OCC)c1)c1cccc(C)n1. The first-order valence-electron chi connectivity index (χ1n) is 7.14. The Morgan fingerprint density at radius 1 is 1.15 bits per heavy atom. The molecule has 0 fully saturated rings. The molecular weight excluding hydrogens is 248 g/mol. The predicted octanol–water partition coefficient (Wildman–Crippen LogP) is 3.49. The molecule has 3 nitrogen and oxygen atoms in total. The first kappa shape index (κ1) is 14.5. The number of rotatable bonds is 6. The van der Waals surface area contributed by atoms with Crippen molar-refractivity contribution in [1.82, 2.24) is 10.3 Å². The number of benzene rings is 1. The minimum atomic E-state index is 0.0975. The summed E-state index contributed by atoms with van der Waals surface area (Å²) in [5, 5.41) is 3.49. The molecule has 20 heavy (non-hydrogen) atoms. The van der Waals surface area contributed by atoms with Crippen LogP contribution in [0.25, 0.3) is 0 Å². The molecule has 1 unspecified atom stereocenters. The second kappa shape index (κ2) is 7.06. The Bertz CT molecular complexity index is 554. The van der Waals surface area contributed by atoms with Crippen molar-refractivity contribution in [2.75, 3.05) is 13.2 Å². The van der Waals surface area contributed by atoms with Gasteiger partial charge in [0.25, 0.3) is 0 Å². The van der Waals surface area contributed by atoms with Crippen molar-refractivity contribution in [3.8, 4) is 5.75 Å². The lowest BCUT2D eigenvalue weighted by Gasteiger charge is -2.19. The van der Waals surface area contributed by atoms with Crippen molar-refractivity contribution in [2.24, 2.45) is 0 Å². The summed E-state index contributed by atoms with van der Waals surface area (Å²) in [5.41, 5.74) is 3.25. The van der Waals surface area contributed by atoms with Crippen LogP contribution in [-0.4, -0.2) is 18.1 Å². The number of nitrogens with zero attached hydrogens (tertiary/aromatic N) is 1. The summed E-state index contributed by atoms with van der Waals surface area (Å²) >= 11 is 0. The van der Waals surface area contributed by atoms with Crippen LogP contribution in [0.15, 0.2) is 42.5 Å². The number of pyridine rings is 1. The average Bonchev–Trinajstić information content (AvgIpc) is 2.45. The second-order valence-corrected chi connectivity index (χ2v) is 4.70. The fraction of sp³-hybridized carbons (Fsp3) is 0.353. The Kier molecular flexibility index (Phi) is 5.13. The van der Waals surface area contributed by atoms with Crippen molar-refractivity contribution in [3.63, 3.8) is 0 Å². The summed E-state index contributed by atoms with van der Waals surface area (Å²) in [5.74, 6) is 0.903. The molecule has 1 N–H and O–H groups in total. The van der Waals surface area contributed by atoms with Crippen LogP contribution in [0.3, 0.4) is 0 Å². The monoisotopic (exact) mass is 270 g/mol. The van der Waals surface area contributed by atoms with E-state index in [1.165, 1.54) is 5.56 Å². The second-order valence-electron chi connectivity index (χ2n) is 4.70. The third-order valence-electron chi connectivity index (χ3n) is 3.12. The molecule has 106 valence electrons. The van der Waals surface area contributed by atoms with Crippen LogP contribution in [-0.2, 0) is 0 Å². The van der Waals surface area contributed by atoms with Crippen LogP contribution in [0.1, 0.15) is 36.8 Å². The fourth-order valence-corrected chi connectivity index (χ4v) is 2.27. The molecule has 0 aliphatic carbocycles. The molecule has 0 radical (unpaired) electrons. The third-order valence-corrected chi connectivity index (χ3v) is 3.12. The zero-order valence-electron chi connectivity index (χ0n) is 12.4. The lowest BCUT2D eigenvalue weighted by Crippen LogP contribution is -2.23. The van der Waals surface area contributed by atoms with Crippen LogP contribution in [0.2, 0.25) is 0 Å². The van der Waals surface area contributed by atoms with Gasteiger partial charge in [-0.2, -0.15) is 0 Å². The van der Waals surface area contributed by atoms with Crippen molar-refractivity contribution in [3.05, 3.63) is 59.4 Å². The first-order chi connectivity index (χ1) is 9.74. The average molecular weight is 270 g/mol. The van der Waals surface area contributed by atoms with Crippen LogP contribution in [0, 0.1) is 6.92 Å².